The van der Waals surface area contributed by atoms with Crippen molar-refractivity contribution in [3.8, 4) is 0 Å². The monoisotopic (exact) mass is 324 g/mol. The van der Waals surface area contributed by atoms with Crippen LogP contribution in [0.25, 0.3) is 0 Å². The fourth-order valence-corrected chi connectivity index (χ4v) is 3.47. The predicted octanol–water partition coefficient (Wildman–Crippen LogP) is 2.70. The van der Waals surface area contributed by atoms with E-state index in [9.17, 15) is 0 Å². The smallest absolute Gasteiger partial charge is 0.194 e. The Morgan fingerprint density at radius 3 is 3.05 bits per heavy atom. The maximum Gasteiger partial charge on any atom is 0.194 e. The van der Waals surface area contributed by atoms with E-state index in [1.807, 2.05) is 0 Å². The van der Waals surface area contributed by atoms with Gasteiger partial charge in [-0.05, 0) is 13.3 Å². The number of likely N-dealkylation sites (tertiary alicyclic amines) is 1. The summed E-state index contributed by atoms with van der Waals surface area (Å²) in [4.78, 5) is 11.8. The van der Waals surface area contributed by atoms with Crippen LogP contribution in [0.2, 0.25) is 0 Å². The molecule has 22 heavy (non-hydrogen) atoms. The van der Waals surface area contributed by atoms with Gasteiger partial charge in [0, 0.05) is 44.0 Å². The topological polar surface area (TPSA) is 49.8 Å². The molecule has 6 heteroatoms. The lowest BCUT2D eigenvalue weighted by atomic mass is 10.1. The summed E-state index contributed by atoms with van der Waals surface area (Å²) in [5.41, 5.74) is 1.07. The minimum atomic E-state index is 0.490. The predicted molar refractivity (Wildman–Crippen MR) is 92.6 cm³/mol. The minimum Gasteiger partial charge on any atom is -0.384 e. The van der Waals surface area contributed by atoms with Gasteiger partial charge in [0.05, 0.1) is 23.9 Å². The highest BCUT2D eigenvalue weighted by molar-refractivity contribution is 7.09. The van der Waals surface area contributed by atoms with Crippen LogP contribution in [0.1, 0.15) is 43.8 Å². The summed E-state index contributed by atoms with van der Waals surface area (Å²) in [5, 5.41) is 6.71. The molecule has 0 bridgehead atoms. The highest BCUT2D eigenvalue weighted by atomic mass is 32.1. The molecule has 1 N–H and O–H groups in total. The first-order valence-corrected chi connectivity index (χ1v) is 8.98. The van der Waals surface area contributed by atoms with Gasteiger partial charge in [-0.2, -0.15) is 0 Å². The van der Waals surface area contributed by atoms with Crippen LogP contribution in [0, 0.1) is 5.92 Å². The van der Waals surface area contributed by atoms with Gasteiger partial charge in [0.25, 0.3) is 0 Å². The van der Waals surface area contributed by atoms with Crippen molar-refractivity contribution in [1.29, 1.82) is 0 Å². The second kappa shape index (κ2) is 8.48. The summed E-state index contributed by atoms with van der Waals surface area (Å²) in [6.45, 7) is 10.9. The number of thiazole rings is 1. The molecule has 2 rings (SSSR count). The molecule has 1 aromatic heterocycles. The standard InChI is InChI=1S/C16H28N4OS/c1-5-17-16(20-7-6-13(9-20)10-21-4)18-8-14-11-22-15(19-14)12(2)3/h11-13H,5-10H2,1-4H3,(H,17,18). The first-order valence-electron chi connectivity index (χ1n) is 8.10. The second-order valence-corrected chi connectivity index (χ2v) is 6.95. The zero-order valence-corrected chi connectivity index (χ0v) is 14.9. The molecule has 0 saturated carbocycles. The summed E-state index contributed by atoms with van der Waals surface area (Å²) >= 11 is 1.73. The maximum absolute atomic E-state index is 5.27. The third-order valence-electron chi connectivity index (χ3n) is 3.78. The lowest BCUT2D eigenvalue weighted by molar-refractivity contribution is 0.157. The van der Waals surface area contributed by atoms with E-state index in [1.54, 1.807) is 18.4 Å². The van der Waals surface area contributed by atoms with Crippen molar-refractivity contribution in [3.05, 3.63) is 16.1 Å². The summed E-state index contributed by atoms with van der Waals surface area (Å²) in [6, 6.07) is 0. The van der Waals surface area contributed by atoms with Gasteiger partial charge in [0.15, 0.2) is 5.96 Å². The fourth-order valence-electron chi connectivity index (χ4n) is 2.64. The fraction of sp³-hybridized carbons (Fsp3) is 0.750. The summed E-state index contributed by atoms with van der Waals surface area (Å²) in [6.07, 6.45) is 1.17. The molecule has 1 aliphatic rings. The molecule has 1 fully saturated rings. The molecule has 0 spiro atoms. The van der Waals surface area contributed by atoms with E-state index in [0.29, 0.717) is 18.4 Å². The molecule has 0 radical (unpaired) electrons. The molecular weight excluding hydrogens is 296 g/mol. The average Bonchev–Trinajstić information content (AvgIpc) is 3.13. The van der Waals surface area contributed by atoms with Crippen molar-refractivity contribution in [2.45, 2.75) is 39.7 Å². The number of hydrogen-bond acceptors (Lipinski definition) is 4. The van der Waals surface area contributed by atoms with Gasteiger partial charge in [-0.15, -0.1) is 11.3 Å². The van der Waals surface area contributed by atoms with Crippen molar-refractivity contribution in [2.75, 3.05) is 33.4 Å². The summed E-state index contributed by atoms with van der Waals surface area (Å²) < 4.78 is 5.27. The van der Waals surface area contributed by atoms with E-state index in [-0.39, 0.29) is 0 Å². The Labute approximate surface area is 137 Å². The Bertz CT molecular complexity index is 486. The Morgan fingerprint density at radius 1 is 1.59 bits per heavy atom. The normalized spacial score (nSPS) is 19.2. The van der Waals surface area contributed by atoms with E-state index < -0.39 is 0 Å². The Morgan fingerprint density at radius 2 is 2.41 bits per heavy atom. The van der Waals surface area contributed by atoms with Gasteiger partial charge in [-0.1, -0.05) is 13.8 Å². The third kappa shape index (κ3) is 4.68. The zero-order valence-electron chi connectivity index (χ0n) is 14.1. The molecule has 124 valence electrons. The number of nitrogens with one attached hydrogen (secondary N) is 1. The Hall–Kier alpha value is -1.14. The number of nitrogens with zero attached hydrogens (tertiary/aromatic N) is 3. The van der Waals surface area contributed by atoms with Crippen molar-refractivity contribution >= 4 is 17.3 Å². The zero-order chi connectivity index (χ0) is 15.9. The van der Waals surface area contributed by atoms with Gasteiger partial charge < -0.3 is 15.0 Å². The van der Waals surface area contributed by atoms with Gasteiger partial charge in [-0.25, -0.2) is 9.98 Å². The molecule has 1 saturated heterocycles. The van der Waals surface area contributed by atoms with Gasteiger partial charge >= 0.3 is 0 Å². The number of guanidine groups is 1. The van der Waals surface area contributed by atoms with Crippen LogP contribution < -0.4 is 5.32 Å². The van der Waals surface area contributed by atoms with Gasteiger partial charge in [0.2, 0.25) is 0 Å². The van der Waals surface area contributed by atoms with E-state index in [0.717, 1.165) is 37.9 Å². The summed E-state index contributed by atoms with van der Waals surface area (Å²) in [7, 11) is 1.77. The highest BCUT2D eigenvalue weighted by Crippen LogP contribution is 2.20. The Balaban J connectivity index is 1.97. The molecule has 2 heterocycles. The molecule has 1 aromatic rings. The SMILES string of the molecule is CCNC(=NCc1csc(C(C)C)n1)N1CCC(COC)C1. The lowest BCUT2D eigenvalue weighted by Crippen LogP contribution is -2.40. The number of aliphatic imine (C=N–C) groups is 1. The van der Waals surface area contributed by atoms with Crippen LogP contribution >= 0.6 is 11.3 Å². The number of ether oxygens (including phenoxy) is 1. The van der Waals surface area contributed by atoms with E-state index >= 15 is 0 Å². The molecular formula is C16H28N4OS. The quantitative estimate of drug-likeness (QED) is 0.646. The molecule has 0 aromatic carbocycles. The van der Waals surface area contributed by atoms with Crippen LogP contribution in [0.3, 0.4) is 0 Å². The van der Waals surface area contributed by atoms with E-state index in [1.165, 1.54) is 11.4 Å². The molecule has 1 unspecified atom stereocenters. The molecule has 5 nitrogen and oxygen atoms in total. The maximum atomic E-state index is 5.27. The van der Waals surface area contributed by atoms with Crippen LogP contribution in [-0.4, -0.2) is 49.2 Å². The van der Waals surface area contributed by atoms with E-state index in [2.05, 4.69) is 41.4 Å². The largest absolute Gasteiger partial charge is 0.384 e. The van der Waals surface area contributed by atoms with Crippen molar-refractivity contribution in [2.24, 2.45) is 10.9 Å². The molecule has 1 aliphatic heterocycles. The Kier molecular flexibility index (Phi) is 6.64. The van der Waals surface area contributed by atoms with Crippen molar-refractivity contribution in [1.82, 2.24) is 15.2 Å². The number of rotatable bonds is 6. The number of aromatic nitrogens is 1. The first kappa shape index (κ1) is 17.2. The number of methoxy groups -OCH3 is 1. The van der Waals surface area contributed by atoms with Crippen molar-refractivity contribution in [3.63, 3.8) is 0 Å². The van der Waals surface area contributed by atoms with Crippen LogP contribution in [0.4, 0.5) is 0 Å². The van der Waals surface area contributed by atoms with Crippen LogP contribution in [-0.2, 0) is 11.3 Å². The molecule has 0 aliphatic carbocycles. The van der Waals surface area contributed by atoms with Crippen LogP contribution in [0.5, 0.6) is 0 Å². The lowest BCUT2D eigenvalue weighted by Gasteiger charge is -2.21. The number of hydrogen-bond donors (Lipinski definition) is 1. The van der Waals surface area contributed by atoms with Gasteiger partial charge in [0.1, 0.15) is 0 Å². The first-order chi connectivity index (χ1) is 10.6. The van der Waals surface area contributed by atoms with Gasteiger partial charge in [-0.3, -0.25) is 0 Å². The minimum absolute atomic E-state index is 0.490. The molecule has 0 amide bonds. The summed E-state index contributed by atoms with van der Waals surface area (Å²) in [5.74, 6) is 2.10. The van der Waals surface area contributed by atoms with Crippen molar-refractivity contribution < 1.29 is 4.74 Å². The highest BCUT2D eigenvalue weighted by Gasteiger charge is 2.24. The molecule has 1 atom stereocenters. The average molecular weight is 324 g/mol. The van der Waals surface area contributed by atoms with E-state index in [4.69, 9.17) is 9.73 Å². The second-order valence-electron chi connectivity index (χ2n) is 6.06. The van der Waals surface area contributed by atoms with Crippen LogP contribution in [0.15, 0.2) is 10.4 Å². The third-order valence-corrected chi connectivity index (χ3v) is 4.97.